The molecule has 1 amide bonds. The summed E-state index contributed by atoms with van der Waals surface area (Å²) in [5, 5.41) is 3.22. The quantitative estimate of drug-likeness (QED) is 0.868. The molecule has 1 saturated carbocycles. The minimum atomic E-state index is -0.0597. The van der Waals surface area contributed by atoms with Crippen molar-refractivity contribution in [2.24, 2.45) is 5.92 Å². The van der Waals surface area contributed by atoms with Gasteiger partial charge in [0.15, 0.2) is 0 Å². The number of carbonyl (C=O) groups excluding carboxylic acids is 1. The molecule has 0 radical (unpaired) electrons. The summed E-state index contributed by atoms with van der Waals surface area (Å²) in [4.78, 5) is 12.2. The summed E-state index contributed by atoms with van der Waals surface area (Å²) in [6, 6.07) is 18.8. The van der Waals surface area contributed by atoms with Gasteiger partial charge in [0.05, 0.1) is 6.04 Å². The fourth-order valence-corrected chi connectivity index (χ4v) is 2.68. The Balaban J connectivity index is 1.88. The molecular weight excluding hydrogens is 270 g/mol. The van der Waals surface area contributed by atoms with Gasteiger partial charge in [-0.1, -0.05) is 68.4 Å². The van der Waals surface area contributed by atoms with E-state index >= 15 is 0 Å². The molecule has 2 aromatic carbocycles. The predicted molar refractivity (Wildman–Crippen MR) is 89.7 cm³/mol. The van der Waals surface area contributed by atoms with Gasteiger partial charge in [-0.25, -0.2) is 0 Å². The van der Waals surface area contributed by atoms with Crippen molar-refractivity contribution in [1.82, 2.24) is 5.32 Å². The lowest BCUT2D eigenvalue weighted by atomic mass is 9.95. The Morgan fingerprint density at radius 1 is 0.909 bits per heavy atom. The molecule has 0 spiro atoms. The molecular formula is C20H23NO. The third-order valence-corrected chi connectivity index (χ3v) is 4.30. The van der Waals surface area contributed by atoms with Crippen molar-refractivity contribution >= 4 is 5.91 Å². The van der Waals surface area contributed by atoms with E-state index in [0.29, 0.717) is 5.92 Å². The van der Waals surface area contributed by atoms with Crippen molar-refractivity contribution in [2.45, 2.75) is 38.6 Å². The fraction of sp³-hybridized carbons (Fsp3) is 0.350. The van der Waals surface area contributed by atoms with Gasteiger partial charge in [0, 0.05) is 5.92 Å². The Bertz CT molecular complexity index is 627. The van der Waals surface area contributed by atoms with E-state index in [0.717, 1.165) is 24.0 Å². The lowest BCUT2D eigenvalue weighted by Crippen LogP contribution is -2.30. The summed E-state index contributed by atoms with van der Waals surface area (Å²) >= 11 is 0. The first-order valence-electron chi connectivity index (χ1n) is 8.10. The molecule has 1 atom stereocenters. The number of rotatable bonds is 5. The van der Waals surface area contributed by atoms with Crippen LogP contribution in [0.5, 0.6) is 0 Å². The summed E-state index contributed by atoms with van der Waals surface area (Å²) in [7, 11) is 0. The molecule has 22 heavy (non-hydrogen) atoms. The number of hydrogen-bond donors (Lipinski definition) is 1. The van der Waals surface area contributed by atoms with Crippen molar-refractivity contribution in [3.05, 3.63) is 71.3 Å². The maximum absolute atomic E-state index is 12.2. The minimum Gasteiger partial charge on any atom is -0.345 e. The predicted octanol–water partition coefficient (Wildman–Crippen LogP) is 4.43. The van der Waals surface area contributed by atoms with Gasteiger partial charge < -0.3 is 5.32 Å². The maximum Gasteiger partial charge on any atom is 0.223 e. The van der Waals surface area contributed by atoms with E-state index in [1.54, 1.807) is 0 Å². The number of nitrogens with one attached hydrogen (secondary N) is 1. The topological polar surface area (TPSA) is 29.1 Å². The fourth-order valence-electron chi connectivity index (χ4n) is 2.68. The monoisotopic (exact) mass is 293 g/mol. The zero-order valence-electron chi connectivity index (χ0n) is 13.3. The van der Waals surface area contributed by atoms with Gasteiger partial charge >= 0.3 is 0 Å². The lowest BCUT2D eigenvalue weighted by Gasteiger charge is -2.20. The van der Waals surface area contributed by atoms with Gasteiger partial charge in [0.2, 0.25) is 5.91 Å². The molecule has 1 aliphatic rings. The Kier molecular flexibility index (Phi) is 4.28. The van der Waals surface area contributed by atoms with Crippen LogP contribution in [-0.4, -0.2) is 5.91 Å². The Morgan fingerprint density at radius 3 is 2.00 bits per heavy atom. The van der Waals surface area contributed by atoms with E-state index in [-0.39, 0.29) is 17.9 Å². The van der Waals surface area contributed by atoms with E-state index in [1.807, 2.05) is 18.2 Å². The van der Waals surface area contributed by atoms with Gasteiger partial charge in [0.1, 0.15) is 0 Å². The number of benzene rings is 2. The van der Waals surface area contributed by atoms with Crippen molar-refractivity contribution in [1.29, 1.82) is 0 Å². The third-order valence-electron chi connectivity index (χ3n) is 4.30. The average molecular weight is 293 g/mol. The van der Waals surface area contributed by atoms with Crippen LogP contribution < -0.4 is 5.32 Å². The van der Waals surface area contributed by atoms with Crippen LogP contribution in [-0.2, 0) is 4.79 Å². The smallest absolute Gasteiger partial charge is 0.223 e. The van der Waals surface area contributed by atoms with Crippen LogP contribution in [0.3, 0.4) is 0 Å². The molecule has 2 heteroatoms. The molecule has 114 valence electrons. The summed E-state index contributed by atoms with van der Waals surface area (Å²) in [5.74, 6) is 0.924. The average Bonchev–Trinajstić information content (AvgIpc) is 3.38. The highest BCUT2D eigenvalue weighted by molar-refractivity contribution is 5.81. The first kappa shape index (κ1) is 14.8. The Hall–Kier alpha value is -2.09. The molecule has 0 aromatic heterocycles. The highest BCUT2D eigenvalue weighted by atomic mass is 16.2. The van der Waals surface area contributed by atoms with Crippen LogP contribution in [0.2, 0.25) is 0 Å². The normalized spacial score (nSPS) is 15.6. The lowest BCUT2D eigenvalue weighted by molar-refractivity contribution is -0.122. The van der Waals surface area contributed by atoms with E-state index in [2.05, 4.69) is 55.6 Å². The molecule has 2 aromatic rings. The largest absolute Gasteiger partial charge is 0.345 e. The van der Waals surface area contributed by atoms with Crippen LogP contribution in [0.25, 0.3) is 0 Å². The van der Waals surface area contributed by atoms with Gasteiger partial charge in [-0.2, -0.15) is 0 Å². The molecule has 0 unspecified atom stereocenters. The standard InChI is InChI=1S/C20H23NO/c1-14(2)15-8-10-17(11-9-15)19(16-6-4-3-5-7-16)21-20(22)18-12-13-18/h3-11,14,18-19H,12-13H2,1-2H3,(H,21,22)/t19-/m0/s1. The van der Waals surface area contributed by atoms with Gasteiger partial charge in [0.25, 0.3) is 0 Å². The van der Waals surface area contributed by atoms with E-state index in [9.17, 15) is 4.79 Å². The van der Waals surface area contributed by atoms with Crippen molar-refractivity contribution in [2.75, 3.05) is 0 Å². The number of amides is 1. The highest BCUT2D eigenvalue weighted by Gasteiger charge is 2.31. The molecule has 0 aliphatic heterocycles. The highest BCUT2D eigenvalue weighted by Crippen LogP contribution is 2.31. The minimum absolute atomic E-state index is 0.0597. The van der Waals surface area contributed by atoms with Crippen molar-refractivity contribution in [3.63, 3.8) is 0 Å². The molecule has 0 saturated heterocycles. The zero-order valence-corrected chi connectivity index (χ0v) is 13.3. The number of hydrogen-bond acceptors (Lipinski definition) is 1. The first-order chi connectivity index (χ1) is 10.6. The molecule has 1 aliphatic carbocycles. The first-order valence-corrected chi connectivity index (χ1v) is 8.10. The van der Waals surface area contributed by atoms with E-state index in [4.69, 9.17) is 0 Å². The Morgan fingerprint density at radius 2 is 1.45 bits per heavy atom. The van der Waals surface area contributed by atoms with Crippen LogP contribution in [0.1, 0.15) is 55.3 Å². The SMILES string of the molecule is CC(C)c1ccc([C@@H](NC(=O)C2CC2)c2ccccc2)cc1. The van der Waals surface area contributed by atoms with Crippen LogP contribution >= 0.6 is 0 Å². The van der Waals surface area contributed by atoms with Gasteiger partial charge in [-0.05, 0) is 35.4 Å². The summed E-state index contributed by atoms with van der Waals surface area (Å²) in [5.41, 5.74) is 3.60. The Labute approximate surface area is 132 Å². The molecule has 0 heterocycles. The van der Waals surface area contributed by atoms with Crippen molar-refractivity contribution in [3.8, 4) is 0 Å². The van der Waals surface area contributed by atoms with Crippen LogP contribution in [0, 0.1) is 5.92 Å². The van der Waals surface area contributed by atoms with Gasteiger partial charge in [-0.15, -0.1) is 0 Å². The van der Waals surface area contributed by atoms with Crippen LogP contribution in [0.4, 0.5) is 0 Å². The van der Waals surface area contributed by atoms with Gasteiger partial charge in [-0.3, -0.25) is 4.79 Å². The van der Waals surface area contributed by atoms with E-state index in [1.165, 1.54) is 5.56 Å². The molecule has 3 rings (SSSR count). The second-order valence-corrected chi connectivity index (χ2v) is 6.45. The molecule has 1 N–H and O–H groups in total. The van der Waals surface area contributed by atoms with Crippen molar-refractivity contribution < 1.29 is 4.79 Å². The molecule has 0 bridgehead atoms. The zero-order chi connectivity index (χ0) is 15.5. The third kappa shape index (κ3) is 3.38. The summed E-state index contributed by atoms with van der Waals surface area (Å²) in [6.45, 7) is 4.39. The molecule has 1 fully saturated rings. The maximum atomic E-state index is 12.2. The van der Waals surface area contributed by atoms with Crippen LogP contribution in [0.15, 0.2) is 54.6 Å². The van der Waals surface area contributed by atoms with E-state index < -0.39 is 0 Å². The second-order valence-electron chi connectivity index (χ2n) is 6.45. The number of carbonyl (C=O) groups is 1. The summed E-state index contributed by atoms with van der Waals surface area (Å²) in [6.07, 6.45) is 2.05. The second kappa shape index (κ2) is 6.35. The summed E-state index contributed by atoms with van der Waals surface area (Å²) < 4.78 is 0. The molecule has 2 nitrogen and oxygen atoms in total.